The van der Waals surface area contributed by atoms with Crippen LogP contribution in [0.15, 0.2) is 58.5 Å². The summed E-state index contributed by atoms with van der Waals surface area (Å²) >= 11 is 0.172. The Morgan fingerprint density at radius 2 is 1.97 bits per heavy atom. The zero-order valence-corrected chi connectivity index (χ0v) is 17.8. The van der Waals surface area contributed by atoms with Gasteiger partial charge in [0.1, 0.15) is 5.75 Å². The van der Waals surface area contributed by atoms with Gasteiger partial charge in [0.2, 0.25) is 5.91 Å². The first-order valence-electron chi connectivity index (χ1n) is 9.50. The first kappa shape index (κ1) is 22.5. The van der Waals surface area contributed by atoms with Crippen molar-refractivity contribution in [2.45, 2.75) is 37.6 Å². The van der Waals surface area contributed by atoms with Gasteiger partial charge in [-0.25, -0.2) is 4.98 Å². The van der Waals surface area contributed by atoms with Crippen LogP contribution in [0.5, 0.6) is 11.5 Å². The molecule has 0 aliphatic heterocycles. The first-order valence-corrected chi connectivity index (χ1v) is 10.4. The van der Waals surface area contributed by atoms with Crippen molar-refractivity contribution in [3.63, 3.8) is 0 Å². The number of carbonyl (C=O) groups is 1. The Balaban J connectivity index is 1.66. The van der Waals surface area contributed by atoms with Crippen molar-refractivity contribution in [2.24, 2.45) is 0 Å². The van der Waals surface area contributed by atoms with Gasteiger partial charge in [-0.05, 0) is 61.9 Å². The fourth-order valence-corrected chi connectivity index (χ4v) is 3.45. The van der Waals surface area contributed by atoms with Crippen molar-refractivity contribution in [3.05, 3.63) is 75.7 Å². The molecular formula is C22H21F2N3O3S. The zero-order valence-electron chi connectivity index (χ0n) is 16.9. The topological polar surface area (TPSA) is 84.1 Å². The second-order valence-corrected chi connectivity index (χ2v) is 7.76. The summed E-state index contributed by atoms with van der Waals surface area (Å²) in [6.45, 7) is 3.51. The number of para-hydroxylation sites is 2. The molecule has 0 saturated heterocycles. The van der Waals surface area contributed by atoms with Crippen LogP contribution in [-0.2, 0) is 11.2 Å². The number of hydrogen-bond donors (Lipinski definition) is 2. The largest absolute Gasteiger partial charge is 0.455 e. The number of thioether (sulfide) groups is 1. The second-order valence-electron chi connectivity index (χ2n) is 6.78. The number of aromatic amines is 1. The van der Waals surface area contributed by atoms with Crippen molar-refractivity contribution in [1.29, 1.82) is 0 Å². The van der Waals surface area contributed by atoms with E-state index in [2.05, 4.69) is 15.3 Å². The summed E-state index contributed by atoms with van der Waals surface area (Å²) in [6.07, 6.45) is 0.145. The highest BCUT2D eigenvalue weighted by Gasteiger charge is 2.15. The van der Waals surface area contributed by atoms with Crippen LogP contribution in [0.25, 0.3) is 0 Å². The van der Waals surface area contributed by atoms with Gasteiger partial charge in [-0.1, -0.05) is 24.3 Å². The van der Waals surface area contributed by atoms with Crippen molar-refractivity contribution in [3.8, 4) is 11.5 Å². The van der Waals surface area contributed by atoms with Crippen LogP contribution in [0.1, 0.15) is 23.2 Å². The number of amides is 1. The molecule has 1 amide bonds. The molecule has 0 spiro atoms. The predicted octanol–water partition coefficient (Wildman–Crippen LogP) is 5.07. The maximum atomic E-state index is 12.5. The second kappa shape index (κ2) is 10.2. The van der Waals surface area contributed by atoms with Gasteiger partial charge in [0, 0.05) is 17.7 Å². The third-order valence-electron chi connectivity index (χ3n) is 4.38. The van der Waals surface area contributed by atoms with Gasteiger partial charge in [0.25, 0.3) is 11.3 Å². The lowest BCUT2D eigenvalue weighted by molar-refractivity contribution is -0.116. The van der Waals surface area contributed by atoms with Crippen molar-refractivity contribution >= 4 is 23.4 Å². The number of ether oxygens (including phenoxy) is 1. The fourth-order valence-electron chi connectivity index (χ4n) is 2.94. The molecule has 0 aliphatic rings. The number of halogens is 2. The number of aromatic nitrogens is 2. The molecule has 9 heteroatoms. The summed E-state index contributed by atoms with van der Waals surface area (Å²) in [7, 11) is 0. The van der Waals surface area contributed by atoms with E-state index in [4.69, 9.17) is 4.74 Å². The van der Waals surface area contributed by atoms with Crippen molar-refractivity contribution in [2.75, 3.05) is 5.32 Å². The first-order chi connectivity index (χ1) is 14.8. The molecule has 3 rings (SSSR count). The van der Waals surface area contributed by atoms with Gasteiger partial charge in [0.15, 0.2) is 10.9 Å². The molecule has 3 aromatic rings. The molecule has 0 atom stereocenters. The molecule has 0 bridgehead atoms. The number of nitrogens with one attached hydrogen (secondary N) is 2. The number of carbonyl (C=O) groups excluding carboxylic acids is 1. The smallest absolute Gasteiger partial charge is 0.291 e. The SMILES string of the molecule is Cc1cccc(Oc2ccccc2NC(=O)CCc2c(C)nc(SC(F)F)[nH]c2=O)c1. The highest BCUT2D eigenvalue weighted by atomic mass is 32.2. The zero-order chi connectivity index (χ0) is 22.4. The van der Waals surface area contributed by atoms with Gasteiger partial charge in [-0.3, -0.25) is 9.59 Å². The van der Waals surface area contributed by atoms with E-state index in [9.17, 15) is 18.4 Å². The van der Waals surface area contributed by atoms with Gasteiger partial charge >= 0.3 is 0 Å². The molecule has 0 radical (unpaired) electrons. The number of anilines is 1. The van der Waals surface area contributed by atoms with Crippen LogP contribution in [0.3, 0.4) is 0 Å². The molecule has 0 unspecified atom stereocenters. The lowest BCUT2D eigenvalue weighted by Gasteiger charge is -2.13. The number of alkyl halides is 2. The number of benzene rings is 2. The van der Waals surface area contributed by atoms with E-state index in [1.807, 2.05) is 31.2 Å². The highest BCUT2D eigenvalue weighted by molar-refractivity contribution is 7.99. The Bertz CT molecular complexity index is 1130. The molecule has 0 saturated carbocycles. The average Bonchev–Trinajstić information content (AvgIpc) is 2.68. The molecule has 1 aromatic heterocycles. The van der Waals surface area contributed by atoms with Crippen LogP contribution in [0, 0.1) is 13.8 Å². The van der Waals surface area contributed by atoms with Crippen LogP contribution >= 0.6 is 11.8 Å². The molecule has 2 N–H and O–H groups in total. The highest BCUT2D eigenvalue weighted by Crippen LogP contribution is 2.30. The molecule has 31 heavy (non-hydrogen) atoms. The molecular weight excluding hydrogens is 424 g/mol. The average molecular weight is 445 g/mol. The summed E-state index contributed by atoms with van der Waals surface area (Å²) in [5.74, 6) is -1.85. The maximum Gasteiger partial charge on any atom is 0.291 e. The standard InChI is InChI=1S/C22H21F2N3O3S/c1-13-6-5-7-15(12-13)30-18-9-4-3-8-17(18)26-19(28)11-10-16-14(2)25-22(27-20(16)29)31-21(23)24/h3-9,12,21H,10-11H2,1-2H3,(H,26,28)(H,25,27,29). The van der Waals surface area contributed by atoms with Gasteiger partial charge < -0.3 is 15.0 Å². The Kier molecular flexibility index (Phi) is 7.41. The van der Waals surface area contributed by atoms with Crippen molar-refractivity contribution in [1.82, 2.24) is 9.97 Å². The Morgan fingerprint density at radius 1 is 1.19 bits per heavy atom. The van der Waals surface area contributed by atoms with Gasteiger partial charge in [0.05, 0.1) is 5.69 Å². The predicted molar refractivity (Wildman–Crippen MR) is 116 cm³/mol. The van der Waals surface area contributed by atoms with Crippen LogP contribution in [-0.4, -0.2) is 21.6 Å². The molecule has 1 heterocycles. The van der Waals surface area contributed by atoms with Crippen LogP contribution in [0.4, 0.5) is 14.5 Å². The third-order valence-corrected chi connectivity index (χ3v) is 4.98. The monoisotopic (exact) mass is 445 g/mol. The summed E-state index contributed by atoms with van der Waals surface area (Å²) in [5.41, 5.74) is 1.64. The van der Waals surface area contributed by atoms with E-state index < -0.39 is 11.3 Å². The normalized spacial score (nSPS) is 10.9. The maximum absolute atomic E-state index is 12.5. The lowest BCUT2D eigenvalue weighted by Crippen LogP contribution is -2.20. The third kappa shape index (κ3) is 6.39. The van der Waals surface area contributed by atoms with Crippen molar-refractivity contribution < 1.29 is 18.3 Å². The molecule has 0 aliphatic carbocycles. The van der Waals surface area contributed by atoms with Crippen LogP contribution < -0.4 is 15.6 Å². The minimum atomic E-state index is -2.68. The minimum Gasteiger partial charge on any atom is -0.455 e. The lowest BCUT2D eigenvalue weighted by atomic mass is 10.1. The Hall–Kier alpha value is -3.20. The molecule has 2 aromatic carbocycles. The summed E-state index contributed by atoms with van der Waals surface area (Å²) in [5, 5.41) is 2.65. The summed E-state index contributed by atoms with van der Waals surface area (Å²) in [6, 6.07) is 14.6. The van der Waals surface area contributed by atoms with E-state index in [0.29, 0.717) is 22.9 Å². The number of aryl methyl sites for hydroxylation is 2. The molecule has 6 nitrogen and oxygen atoms in total. The molecule has 162 valence electrons. The van der Waals surface area contributed by atoms with E-state index in [1.54, 1.807) is 31.2 Å². The number of H-pyrrole nitrogens is 1. The van der Waals surface area contributed by atoms with E-state index in [0.717, 1.165) is 5.56 Å². The van der Waals surface area contributed by atoms with Crippen LogP contribution in [0.2, 0.25) is 0 Å². The number of hydrogen-bond acceptors (Lipinski definition) is 5. The number of nitrogens with zero attached hydrogens (tertiary/aromatic N) is 1. The fraction of sp³-hybridized carbons (Fsp3) is 0.227. The number of rotatable bonds is 8. The minimum absolute atomic E-state index is 0.0196. The van der Waals surface area contributed by atoms with Gasteiger partial charge in [-0.15, -0.1) is 0 Å². The Morgan fingerprint density at radius 3 is 2.68 bits per heavy atom. The summed E-state index contributed by atoms with van der Waals surface area (Å²) in [4.78, 5) is 31.0. The van der Waals surface area contributed by atoms with E-state index in [1.165, 1.54) is 0 Å². The Labute approximate surface area is 182 Å². The van der Waals surface area contributed by atoms with E-state index in [-0.39, 0.29) is 41.2 Å². The van der Waals surface area contributed by atoms with Gasteiger partial charge in [-0.2, -0.15) is 8.78 Å². The molecule has 0 fully saturated rings. The summed E-state index contributed by atoms with van der Waals surface area (Å²) < 4.78 is 30.8. The van der Waals surface area contributed by atoms with E-state index >= 15 is 0 Å². The quantitative estimate of drug-likeness (QED) is 0.374.